The standard InChI is InChI=1S/C11H17NO5/c1-10(2,3)17-9(15)12-11(8(14)16-4)5-7(11)6-13/h6-7H,5H2,1-4H3,(H,12,15)/t7-,11-/m0/s1. The van der Waals surface area contributed by atoms with Crippen LogP contribution in [-0.2, 0) is 19.1 Å². The molecule has 6 nitrogen and oxygen atoms in total. The van der Waals surface area contributed by atoms with E-state index in [2.05, 4.69) is 10.1 Å². The van der Waals surface area contributed by atoms with Crippen molar-refractivity contribution >= 4 is 18.3 Å². The van der Waals surface area contributed by atoms with Crippen molar-refractivity contribution in [1.29, 1.82) is 0 Å². The molecular weight excluding hydrogens is 226 g/mol. The van der Waals surface area contributed by atoms with Crippen LogP contribution in [0, 0.1) is 5.92 Å². The van der Waals surface area contributed by atoms with Crippen LogP contribution in [-0.4, -0.2) is 36.6 Å². The predicted octanol–water partition coefficient (Wildman–Crippen LogP) is 0.642. The third kappa shape index (κ3) is 2.95. The van der Waals surface area contributed by atoms with Crippen molar-refractivity contribution in [2.75, 3.05) is 7.11 Å². The number of carbonyl (C=O) groups excluding carboxylic acids is 3. The van der Waals surface area contributed by atoms with Gasteiger partial charge in [0.25, 0.3) is 0 Å². The fourth-order valence-corrected chi connectivity index (χ4v) is 1.55. The van der Waals surface area contributed by atoms with Gasteiger partial charge in [-0.3, -0.25) is 0 Å². The number of amides is 1. The Balaban J connectivity index is 2.68. The van der Waals surface area contributed by atoms with Crippen LogP contribution in [0.3, 0.4) is 0 Å². The quantitative estimate of drug-likeness (QED) is 0.581. The third-order valence-corrected chi connectivity index (χ3v) is 2.45. The van der Waals surface area contributed by atoms with Gasteiger partial charge in [0.1, 0.15) is 11.9 Å². The maximum absolute atomic E-state index is 11.5. The maximum Gasteiger partial charge on any atom is 0.408 e. The molecule has 6 heteroatoms. The zero-order chi connectivity index (χ0) is 13.3. The zero-order valence-electron chi connectivity index (χ0n) is 10.4. The first-order valence-corrected chi connectivity index (χ1v) is 5.30. The van der Waals surface area contributed by atoms with Gasteiger partial charge in [-0.1, -0.05) is 0 Å². The van der Waals surface area contributed by atoms with E-state index >= 15 is 0 Å². The zero-order valence-corrected chi connectivity index (χ0v) is 10.4. The summed E-state index contributed by atoms with van der Waals surface area (Å²) in [6.45, 7) is 5.13. The summed E-state index contributed by atoms with van der Waals surface area (Å²) in [5.74, 6) is -1.16. The highest BCUT2D eigenvalue weighted by Crippen LogP contribution is 2.43. The summed E-state index contributed by atoms with van der Waals surface area (Å²) in [5, 5.41) is 2.41. The molecule has 1 fully saturated rings. The lowest BCUT2D eigenvalue weighted by atomic mass is 10.2. The van der Waals surface area contributed by atoms with Crippen LogP contribution in [0.4, 0.5) is 4.79 Å². The second-order valence-electron chi connectivity index (χ2n) is 5.04. The van der Waals surface area contributed by atoms with E-state index in [1.807, 2.05) is 0 Å². The van der Waals surface area contributed by atoms with E-state index in [0.29, 0.717) is 6.29 Å². The van der Waals surface area contributed by atoms with Crippen LogP contribution in [0.25, 0.3) is 0 Å². The van der Waals surface area contributed by atoms with E-state index in [4.69, 9.17) is 4.74 Å². The molecule has 0 unspecified atom stereocenters. The molecule has 0 radical (unpaired) electrons. The second-order valence-corrected chi connectivity index (χ2v) is 5.04. The van der Waals surface area contributed by atoms with Gasteiger partial charge in [0.05, 0.1) is 13.0 Å². The Morgan fingerprint density at radius 1 is 1.41 bits per heavy atom. The molecule has 1 aliphatic carbocycles. The lowest BCUT2D eigenvalue weighted by Gasteiger charge is -2.22. The summed E-state index contributed by atoms with van der Waals surface area (Å²) >= 11 is 0. The van der Waals surface area contributed by atoms with Crippen LogP contribution >= 0.6 is 0 Å². The predicted molar refractivity (Wildman–Crippen MR) is 58.3 cm³/mol. The summed E-state index contributed by atoms with van der Waals surface area (Å²) in [7, 11) is 1.21. The smallest absolute Gasteiger partial charge is 0.408 e. The van der Waals surface area contributed by atoms with Gasteiger partial charge in [-0.25, -0.2) is 9.59 Å². The van der Waals surface area contributed by atoms with E-state index in [1.165, 1.54) is 7.11 Å². The van der Waals surface area contributed by atoms with Gasteiger partial charge in [-0.05, 0) is 27.2 Å². The molecule has 96 valence electrons. The molecule has 0 aromatic rings. The molecule has 0 spiro atoms. The number of hydrogen-bond donors (Lipinski definition) is 1. The van der Waals surface area contributed by atoms with Crippen molar-refractivity contribution in [1.82, 2.24) is 5.32 Å². The van der Waals surface area contributed by atoms with Crippen molar-refractivity contribution in [2.45, 2.75) is 38.3 Å². The summed E-state index contributed by atoms with van der Waals surface area (Å²) in [6, 6.07) is 0. The van der Waals surface area contributed by atoms with Gasteiger partial charge in [0.2, 0.25) is 0 Å². The summed E-state index contributed by atoms with van der Waals surface area (Å²) in [4.78, 5) is 33.7. The molecule has 1 rings (SSSR count). The van der Waals surface area contributed by atoms with Crippen molar-refractivity contribution in [2.24, 2.45) is 5.92 Å². The second kappa shape index (κ2) is 4.35. The van der Waals surface area contributed by atoms with Crippen LogP contribution in [0.2, 0.25) is 0 Å². The Labute approximate surface area is 99.6 Å². The normalized spacial score (nSPS) is 26.9. The summed E-state index contributed by atoms with van der Waals surface area (Å²) < 4.78 is 9.60. The Morgan fingerprint density at radius 2 is 2.00 bits per heavy atom. The molecule has 17 heavy (non-hydrogen) atoms. The number of aldehydes is 1. The molecule has 0 aliphatic heterocycles. The summed E-state index contributed by atoms with van der Waals surface area (Å²) in [5.41, 5.74) is -1.90. The van der Waals surface area contributed by atoms with Gasteiger partial charge in [-0.2, -0.15) is 0 Å². The van der Waals surface area contributed by atoms with Crippen molar-refractivity contribution in [3.63, 3.8) is 0 Å². The van der Waals surface area contributed by atoms with Gasteiger partial charge in [-0.15, -0.1) is 0 Å². The number of esters is 1. The van der Waals surface area contributed by atoms with Crippen molar-refractivity contribution < 1.29 is 23.9 Å². The van der Waals surface area contributed by atoms with Gasteiger partial charge in [0.15, 0.2) is 5.54 Å². The molecule has 1 saturated carbocycles. The van der Waals surface area contributed by atoms with Gasteiger partial charge < -0.3 is 19.6 Å². The average molecular weight is 243 g/mol. The Bertz CT molecular complexity index is 346. The number of ether oxygens (including phenoxy) is 2. The Hall–Kier alpha value is -1.59. The van der Waals surface area contributed by atoms with Crippen LogP contribution < -0.4 is 5.32 Å². The minimum Gasteiger partial charge on any atom is -0.467 e. The van der Waals surface area contributed by atoms with Crippen molar-refractivity contribution in [3.05, 3.63) is 0 Å². The van der Waals surface area contributed by atoms with Crippen LogP contribution in [0.15, 0.2) is 0 Å². The number of nitrogens with one attached hydrogen (secondary N) is 1. The molecular formula is C11H17NO5. The Kier molecular flexibility index (Phi) is 3.45. The van der Waals surface area contributed by atoms with E-state index in [0.717, 1.165) is 0 Å². The monoisotopic (exact) mass is 243 g/mol. The minimum atomic E-state index is -1.24. The molecule has 0 aromatic heterocycles. The topological polar surface area (TPSA) is 81.7 Å². The van der Waals surface area contributed by atoms with E-state index in [1.54, 1.807) is 20.8 Å². The maximum atomic E-state index is 11.5. The molecule has 0 bridgehead atoms. The lowest BCUT2D eigenvalue weighted by Crippen LogP contribution is -2.47. The molecule has 0 saturated heterocycles. The molecule has 2 atom stereocenters. The first kappa shape index (κ1) is 13.5. The SMILES string of the molecule is COC(=O)[C@]1(NC(=O)OC(C)(C)C)C[C@H]1C=O. The van der Waals surface area contributed by atoms with Gasteiger partial charge >= 0.3 is 12.1 Å². The first-order chi connectivity index (χ1) is 7.75. The Morgan fingerprint density at radius 3 is 2.35 bits per heavy atom. The van der Waals surface area contributed by atoms with Crippen LogP contribution in [0.1, 0.15) is 27.2 Å². The number of alkyl carbamates (subject to hydrolysis) is 1. The number of carbonyl (C=O) groups is 3. The van der Waals surface area contributed by atoms with E-state index in [9.17, 15) is 14.4 Å². The largest absolute Gasteiger partial charge is 0.467 e. The fourth-order valence-electron chi connectivity index (χ4n) is 1.55. The highest BCUT2D eigenvalue weighted by molar-refractivity contribution is 5.94. The average Bonchev–Trinajstić information content (AvgIpc) is 2.88. The third-order valence-electron chi connectivity index (χ3n) is 2.45. The van der Waals surface area contributed by atoms with Crippen molar-refractivity contribution in [3.8, 4) is 0 Å². The molecule has 1 aliphatic rings. The molecule has 1 N–H and O–H groups in total. The van der Waals surface area contributed by atoms with E-state index < -0.39 is 29.1 Å². The number of hydrogen-bond acceptors (Lipinski definition) is 5. The molecule has 0 aromatic carbocycles. The highest BCUT2D eigenvalue weighted by atomic mass is 16.6. The van der Waals surface area contributed by atoms with E-state index in [-0.39, 0.29) is 6.42 Å². The minimum absolute atomic E-state index is 0.252. The fraction of sp³-hybridized carbons (Fsp3) is 0.727. The lowest BCUT2D eigenvalue weighted by molar-refractivity contribution is -0.145. The van der Waals surface area contributed by atoms with Gasteiger partial charge in [0, 0.05) is 0 Å². The number of methoxy groups -OCH3 is 1. The first-order valence-electron chi connectivity index (χ1n) is 5.30. The van der Waals surface area contributed by atoms with Crippen LogP contribution in [0.5, 0.6) is 0 Å². The molecule has 1 amide bonds. The highest BCUT2D eigenvalue weighted by Gasteiger charge is 2.63. The number of rotatable bonds is 3. The summed E-state index contributed by atoms with van der Waals surface area (Å²) in [6.07, 6.45) is 0.156. The molecule has 0 heterocycles.